The van der Waals surface area contributed by atoms with E-state index < -0.39 is 0 Å². The molecular weight excluding hydrogens is 241 g/mol. The first-order valence-electron chi connectivity index (χ1n) is 5.61. The van der Waals surface area contributed by atoms with Crippen LogP contribution >= 0.6 is 11.3 Å². The molecule has 0 unspecified atom stereocenters. The number of hydrogen-bond donors (Lipinski definition) is 0. The third kappa shape index (κ3) is 3.08. The van der Waals surface area contributed by atoms with Crippen molar-refractivity contribution in [2.75, 3.05) is 13.1 Å². The molecule has 0 atom stereocenters. The first-order chi connectivity index (χ1) is 8.26. The summed E-state index contributed by atoms with van der Waals surface area (Å²) < 4.78 is 6.47. The molecule has 0 aliphatic carbocycles. The van der Waals surface area contributed by atoms with Crippen LogP contribution in [0.2, 0.25) is 0 Å². The zero-order valence-corrected chi connectivity index (χ0v) is 11.7. The largest absolute Gasteiger partial charge is 1.00 e. The molecule has 90 valence electrons. The Bertz CT molecular complexity index is 522. The average Bonchev–Trinajstić information content (AvgIpc) is 2.80. The van der Waals surface area contributed by atoms with Gasteiger partial charge in [-0.2, -0.15) is 23.5 Å². The van der Waals surface area contributed by atoms with Crippen LogP contribution < -0.4 is 23.6 Å². The number of benzene rings is 1. The van der Waals surface area contributed by atoms with Gasteiger partial charge in [0.25, 0.3) is 0 Å². The van der Waals surface area contributed by atoms with Gasteiger partial charge in [0.2, 0.25) is 0 Å². The smallest absolute Gasteiger partial charge is 0.437 e. The SMILES string of the molecule is CCN(CC)C(=O)Oc1[c-]ccc2sccc12.[Li+]. The van der Waals surface area contributed by atoms with Crippen LogP contribution in [0, 0.1) is 6.07 Å². The summed E-state index contributed by atoms with van der Waals surface area (Å²) in [5.41, 5.74) is 0. The van der Waals surface area contributed by atoms with E-state index in [1.54, 1.807) is 22.3 Å². The molecule has 1 aromatic carbocycles. The summed E-state index contributed by atoms with van der Waals surface area (Å²) in [5, 5.41) is 2.92. The van der Waals surface area contributed by atoms with Crippen molar-refractivity contribution >= 4 is 27.5 Å². The Morgan fingerprint density at radius 1 is 1.39 bits per heavy atom. The van der Waals surface area contributed by atoms with Crippen molar-refractivity contribution in [3.63, 3.8) is 0 Å². The second kappa shape index (κ2) is 6.84. The number of ether oxygens (including phenoxy) is 1. The number of thiophene rings is 1. The van der Waals surface area contributed by atoms with Gasteiger partial charge in [-0.25, -0.2) is 4.79 Å². The molecule has 0 saturated heterocycles. The van der Waals surface area contributed by atoms with Crippen molar-refractivity contribution in [3.8, 4) is 5.75 Å². The van der Waals surface area contributed by atoms with Crippen LogP contribution in [0.15, 0.2) is 23.6 Å². The van der Waals surface area contributed by atoms with Crippen molar-refractivity contribution in [3.05, 3.63) is 29.6 Å². The molecule has 2 aromatic rings. The van der Waals surface area contributed by atoms with E-state index in [1.165, 1.54) is 0 Å². The van der Waals surface area contributed by atoms with E-state index in [2.05, 4.69) is 6.07 Å². The van der Waals surface area contributed by atoms with Crippen LogP contribution in [0.5, 0.6) is 5.75 Å². The van der Waals surface area contributed by atoms with Crippen LogP contribution in [-0.2, 0) is 0 Å². The first kappa shape index (κ1) is 15.1. The van der Waals surface area contributed by atoms with E-state index in [1.807, 2.05) is 31.4 Å². The number of hydrogen-bond acceptors (Lipinski definition) is 3. The summed E-state index contributed by atoms with van der Waals surface area (Å²) in [4.78, 5) is 13.5. The third-order valence-corrected chi connectivity index (χ3v) is 3.48. The van der Waals surface area contributed by atoms with Crippen LogP contribution in [0.3, 0.4) is 0 Å². The van der Waals surface area contributed by atoms with Gasteiger partial charge in [-0.3, -0.25) is 0 Å². The molecule has 0 aliphatic heterocycles. The zero-order valence-electron chi connectivity index (χ0n) is 10.9. The van der Waals surface area contributed by atoms with Crippen molar-refractivity contribution in [1.29, 1.82) is 0 Å². The maximum Gasteiger partial charge on any atom is 1.00 e. The van der Waals surface area contributed by atoms with E-state index >= 15 is 0 Å². The molecule has 1 heterocycles. The minimum Gasteiger partial charge on any atom is -0.437 e. The Labute approximate surface area is 123 Å². The minimum absolute atomic E-state index is 0. The fraction of sp³-hybridized carbons (Fsp3) is 0.308. The fourth-order valence-electron chi connectivity index (χ4n) is 1.63. The molecule has 5 heteroatoms. The number of rotatable bonds is 3. The number of fused-ring (bicyclic) bond motifs is 1. The van der Waals surface area contributed by atoms with Crippen molar-refractivity contribution < 1.29 is 28.4 Å². The predicted octanol–water partition coefficient (Wildman–Crippen LogP) is 0.546. The predicted molar refractivity (Wildman–Crippen MR) is 69.6 cm³/mol. The van der Waals surface area contributed by atoms with Gasteiger partial charge in [-0.1, -0.05) is 16.2 Å². The molecule has 0 saturated carbocycles. The average molecular weight is 255 g/mol. The van der Waals surface area contributed by atoms with Gasteiger partial charge in [-0.15, -0.1) is 6.07 Å². The Morgan fingerprint density at radius 2 is 2.11 bits per heavy atom. The molecule has 18 heavy (non-hydrogen) atoms. The summed E-state index contributed by atoms with van der Waals surface area (Å²) in [6.07, 6.45) is -0.315. The Morgan fingerprint density at radius 3 is 2.78 bits per heavy atom. The quantitative estimate of drug-likeness (QED) is 0.592. The molecule has 0 radical (unpaired) electrons. The maximum absolute atomic E-state index is 11.8. The Kier molecular flexibility index (Phi) is 5.74. The third-order valence-electron chi connectivity index (χ3n) is 2.60. The summed E-state index contributed by atoms with van der Waals surface area (Å²) in [5.74, 6) is 0.514. The second-order valence-electron chi connectivity index (χ2n) is 3.55. The molecular formula is C13H14LiNO2S. The van der Waals surface area contributed by atoms with Crippen molar-refractivity contribution in [1.82, 2.24) is 4.90 Å². The van der Waals surface area contributed by atoms with Crippen LogP contribution in [0.4, 0.5) is 4.79 Å². The fourth-order valence-corrected chi connectivity index (χ4v) is 2.41. The van der Waals surface area contributed by atoms with E-state index in [0.29, 0.717) is 18.8 Å². The molecule has 0 fully saturated rings. The van der Waals surface area contributed by atoms with Gasteiger partial charge >= 0.3 is 25.0 Å². The second-order valence-corrected chi connectivity index (χ2v) is 4.49. The molecule has 2 rings (SSSR count). The van der Waals surface area contributed by atoms with Gasteiger partial charge in [0.1, 0.15) is 0 Å². The number of carbonyl (C=O) groups excluding carboxylic acids is 1. The van der Waals surface area contributed by atoms with Crippen LogP contribution in [0.1, 0.15) is 13.8 Å². The first-order valence-corrected chi connectivity index (χ1v) is 6.48. The van der Waals surface area contributed by atoms with Gasteiger partial charge in [-0.05, 0) is 19.2 Å². The molecule has 1 amide bonds. The van der Waals surface area contributed by atoms with Gasteiger partial charge in [0.05, 0.1) is 0 Å². The van der Waals surface area contributed by atoms with Gasteiger partial charge in [0, 0.05) is 18.8 Å². The molecule has 0 aliphatic rings. The molecule has 0 bridgehead atoms. The monoisotopic (exact) mass is 255 g/mol. The van der Waals surface area contributed by atoms with Crippen molar-refractivity contribution in [2.45, 2.75) is 13.8 Å². The number of nitrogens with zero attached hydrogens (tertiary/aromatic N) is 1. The minimum atomic E-state index is -0.315. The van der Waals surface area contributed by atoms with E-state index in [-0.39, 0.29) is 25.0 Å². The normalized spacial score (nSPS) is 9.89. The number of carbonyl (C=O) groups is 1. The summed E-state index contributed by atoms with van der Waals surface area (Å²) in [6.45, 7) is 5.16. The van der Waals surface area contributed by atoms with E-state index in [9.17, 15) is 4.79 Å². The molecule has 0 spiro atoms. The molecule has 0 N–H and O–H groups in total. The van der Waals surface area contributed by atoms with Gasteiger partial charge < -0.3 is 9.64 Å². The summed E-state index contributed by atoms with van der Waals surface area (Å²) in [7, 11) is 0. The topological polar surface area (TPSA) is 29.5 Å². The molecule has 3 nitrogen and oxygen atoms in total. The molecule has 1 aromatic heterocycles. The summed E-state index contributed by atoms with van der Waals surface area (Å²) >= 11 is 1.62. The van der Waals surface area contributed by atoms with E-state index in [4.69, 9.17) is 4.74 Å². The van der Waals surface area contributed by atoms with Crippen molar-refractivity contribution in [2.24, 2.45) is 0 Å². The van der Waals surface area contributed by atoms with Crippen LogP contribution in [0.25, 0.3) is 10.1 Å². The van der Waals surface area contributed by atoms with Crippen LogP contribution in [-0.4, -0.2) is 24.1 Å². The maximum atomic E-state index is 11.8. The Balaban J connectivity index is 0.00000162. The standard InChI is InChI=1S/C13H14NO2S.Li/c1-3-14(4-2)13(15)16-11-6-5-7-12-10(11)8-9-17-12;/h5,7-9H,3-4H2,1-2H3;/q-1;+1. The number of amides is 1. The zero-order chi connectivity index (χ0) is 12.3. The van der Waals surface area contributed by atoms with Gasteiger partial charge in [0.15, 0.2) is 0 Å². The summed E-state index contributed by atoms with van der Waals surface area (Å²) in [6, 6.07) is 8.66. The Hall–Kier alpha value is -0.953. The van der Waals surface area contributed by atoms with E-state index in [0.717, 1.165) is 10.1 Å².